The summed E-state index contributed by atoms with van der Waals surface area (Å²) >= 11 is 0. The van der Waals surface area contributed by atoms with Crippen LogP contribution in [0.3, 0.4) is 0 Å². The molecule has 0 aromatic heterocycles. The monoisotopic (exact) mass is 297 g/mol. The molecule has 0 atom stereocenters. The second-order valence-electron chi connectivity index (χ2n) is 5.33. The van der Waals surface area contributed by atoms with Gasteiger partial charge in [-0.2, -0.15) is 0 Å². The van der Waals surface area contributed by atoms with Gasteiger partial charge < -0.3 is 4.74 Å². The van der Waals surface area contributed by atoms with Gasteiger partial charge in [-0.1, -0.05) is 12.1 Å². The molecular weight excluding hydrogens is 282 g/mol. The molecule has 0 radical (unpaired) electrons. The summed E-state index contributed by atoms with van der Waals surface area (Å²) in [6, 6.07) is 11.2. The van der Waals surface area contributed by atoms with E-state index in [9.17, 15) is 14.9 Å². The van der Waals surface area contributed by atoms with E-state index in [0.717, 1.165) is 19.3 Å². The van der Waals surface area contributed by atoms with Crippen LogP contribution in [0.25, 0.3) is 0 Å². The molecule has 0 unspecified atom stereocenters. The Labute approximate surface area is 127 Å². The van der Waals surface area contributed by atoms with Gasteiger partial charge in [0, 0.05) is 12.1 Å². The Morgan fingerprint density at radius 3 is 2.59 bits per heavy atom. The first kappa shape index (κ1) is 14.3. The molecule has 1 aliphatic carbocycles. The van der Waals surface area contributed by atoms with Crippen LogP contribution in [0.4, 0.5) is 5.69 Å². The molecule has 5 heteroatoms. The van der Waals surface area contributed by atoms with Crippen LogP contribution in [-0.4, -0.2) is 10.9 Å². The largest absolute Gasteiger partial charge is 0.423 e. The number of carbonyl (C=O) groups is 1. The summed E-state index contributed by atoms with van der Waals surface area (Å²) in [5, 5.41) is 10.7. The van der Waals surface area contributed by atoms with E-state index in [1.807, 2.05) is 12.1 Å². The number of hydrogen-bond donors (Lipinski definition) is 0. The van der Waals surface area contributed by atoms with Crippen LogP contribution in [0.2, 0.25) is 0 Å². The van der Waals surface area contributed by atoms with Crippen LogP contribution in [-0.2, 0) is 12.8 Å². The highest BCUT2D eigenvalue weighted by Crippen LogP contribution is 2.26. The van der Waals surface area contributed by atoms with E-state index in [2.05, 4.69) is 0 Å². The van der Waals surface area contributed by atoms with Crippen molar-refractivity contribution in [2.24, 2.45) is 0 Å². The molecule has 0 heterocycles. The smallest absolute Gasteiger partial charge is 0.343 e. The fraction of sp³-hybridized carbons (Fsp3) is 0.235. The van der Waals surface area contributed by atoms with Crippen molar-refractivity contribution in [3.05, 3.63) is 69.3 Å². The van der Waals surface area contributed by atoms with Gasteiger partial charge in [0.15, 0.2) is 0 Å². The van der Waals surface area contributed by atoms with E-state index in [-0.39, 0.29) is 11.3 Å². The van der Waals surface area contributed by atoms with E-state index >= 15 is 0 Å². The van der Waals surface area contributed by atoms with Crippen molar-refractivity contribution in [2.45, 2.75) is 25.7 Å². The number of hydrogen-bond acceptors (Lipinski definition) is 4. The lowest BCUT2D eigenvalue weighted by Crippen LogP contribution is -2.10. The van der Waals surface area contributed by atoms with Crippen LogP contribution in [0, 0.1) is 10.1 Å². The molecule has 112 valence electrons. The van der Waals surface area contributed by atoms with E-state index in [1.165, 1.54) is 41.8 Å². The number of carbonyl (C=O) groups excluding carboxylic acids is 1. The lowest BCUT2D eigenvalue weighted by molar-refractivity contribution is -0.384. The minimum atomic E-state index is -0.584. The number of nitro groups is 1. The molecule has 0 amide bonds. The van der Waals surface area contributed by atoms with E-state index in [4.69, 9.17) is 4.74 Å². The number of esters is 1. The molecule has 2 aromatic carbocycles. The molecule has 0 saturated carbocycles. The van der Waals surface area contributed by atoms with Gasteiger partial charge in [0.25, 0.3) is 5.69 Å². The normalized spacial score (nSPS) is 13.3. The summed E-state index contributed by atoms with van der Waals surface area (Å²) in [4.78, 5) is 22.3. The zero-order valence-corrected chi connectivity index (χ0v) is 12.0. The van der Waals surface area contributed by atoms with Crippen LogP contribution in [0.1, 0.15) is 34.3 Å². The lowest BCUT2D eigenvalue weighted by Gasteiger charge is -2.16. The van der Waals surface area contributed by atoms with Crippen LogP contribution in [0.15, 0.2) is 42.5 Å². The second kappa shape index (κ2) is 5.97. The molecule has 22 heavy (non-hydrogen) atoms. The molecule has 0 fully saturated rings. The van der Waals surface area contributed by atoms with Crippen molar-refractivity contribution in [3.8, 4) is 5.75 Å². The van der Waals surface area contributed by atoms with Crippen LogP contribution < -0.4 is 4.74 Å². The SMILES string of the molecule is O=C(Oc1ccc2c(c1)CCCC2)c1cccc([N+](=O)[O-])c1. The third-order valence-corrected chi connectivity index (χ3v) is 3.82. The Hall–Kier alpha value is -2.69. The number of rotatable bonds is 3. The fourth-order valence-corrected chi connectivity index (χ4v) is 2.69. The fourth-order valence-electron chi connectivity index (χ4n) is 2.69. The zero-order chi connectivity index (χ0) is 15.5. The van der Waals surface area contributed by atoms with Crippen LogP contribution in [0.5, 0.6) is 5.75 Å². The summed E-state index contributed by atoms with van der Waals surface area (Å²) in [5.41, 5.74) is 2.57. The predicted molar refractivity (Wildman–Crippen MR) is 81.1 cm³/mol. The molecule has 0 N–H and O–H groups in total. The molecule has 0 aliphatic heterocycles. The average molecular weight is 297 g/mol. The van der Waals surface area contributed by atoms with Gasteiger partial charge in [0.2, 0.25) is 0 Å². The first-order valence-corrected chi connectivity index (χ1v) is 7.22. The Morgan fingerprint density at radius 2 is 1.82 bits per heavy atom. The topological polar surface area (TPSA) is 69.4 Å². The van der Waals surface area contributed by atoms with Crippen molar-refractivity contribution in [1.29, 1.82) is 0 Å². The Balaban J connectivity index is 1.79. The Kier molecular flexibility index (Phi) is 3.87. The van der Waals surface area contributed by atoms with Gasteiger partial charge in [0.1, 0.15) is 5.75 Å². The van der Waals surface area contributed by atoms with Crippen molar-refractivity contribution in [1.82, 2.24) is 0 Å². The van der Waals surface area contributed by atoms with Crippen molar-refractivity contribution in [3.63, 3.8) is 0 Å². The molecule has 1 aliphatic rings. The van der Waals surface area contributed by atoms with Crippen molar-refractivity contribution in [2.75, 3.05) is 0 Å². The summed E-state index contributed by atoms with van der Waals surface area (Å²) in [7, 11) is 0. The van der Waals surface area contributed by atoms with Gasteiger partial charge >= 0.3 is 5.97 Å². The van der Waals surface area contributed by atoms with Gasteiger partial charge in [-0.3, -0.25) is 10.1 Å². The summed E-state index contributed by atoms with van der Waals surface area (Å²) in [6.45, 7) is 0. The number of nitrogens with zero attached hydrogens (tertiary/aromatic N) is 1. The number of ether oxygens (including phenoxy) is 1. The zero-order valence-electron chi connectivity index (χ0n) is 12.0. The number of fused-ring (bicyclic) bond motifs is 1. The highest BCUT2D eigenvalue weighted by molar-refractivity contribution is 5.91. The number of non-ortho nitro benzene ring substituents is 1. The maximum absolute atomic E-state index is 12.1. The highest BCUT2D eigenvalue weighted by atomic mass is 16.6. The molecular formula is C17H15NO4. The molecule has 2 aromatic rings. The lowest BCUT2D eigenvalue weighted by atomic mass is 9.92. The van der Waals surface area contributed by atoms with Crippen LogP contribution >= 0.6 is 0 Å². The quantitative estimate of drug-likeness (QED) is 0.375. The van der Waals surface area contributed by atoms with Gasteiger partial charge in [-0.05, 0) is 55.0 Å². The Morgan fingerprint density at radius 1 is 1.05 bits per heavy atom. The Bertz CT molecular complexity index is 739. The minimum Gasteiger partial charge on any atom is -0.423 e. The average Bonchev–Trinajstić information content (AvgIpc) is 2.55. The predicted octanol–water partition coefficient (Wildman–Crippen LogP) is 3.69. The summed E-state index contributed by atoms with van der Waals surface area (Å²) < 4.78 is 5.34. The number of aryl methyl sites for hydroxylation is 2. The minimum absolute atomic E-state index is 0.125. The molecule has 0 saturated heterocycles. The summed E-state index contributed by atoms with van der Waals surface area (Å²) in [5.74, 6) is -0.100. The van der Waals surface area contributed by atoms with Gasteiger partial charge in [-0.25, -0.2) is 4.79 Å². The molecule has 5 nitrogen and oxygen atoms in total. The third kappa shape index (κ3) is 2.98. The molecule has 3 rings (SSSR count). The van der Waals surface area contributed by atoms with Crippen molar-refractivity contribution < 1.29 is 14.5 Å². The second-order valence-corrected chi connectivity index (χ2v) is 5.33. The first-order valence-electron chi connectivity index (χ1n) is 7.22. The van der Waals surface area contributed by atoms with Gasteiger partial charge in [0.05, 0.1) is 10.5 Å². The third-order valence-electron chi connectivity index (χ3n) is 3.82. The van der Waals surface area contributed by atoms with Crippen molar-refractivity contribution >= 4 is 11.7 Å². The number of nitro benzene ring substituents is 1. The molecule has 0 bridgehead atoms. The molecule has 0 spiro atoms. The number of benzene rings is 2. The maximum Gasteiger partial charge on any atom is 0.343 e. The van der Waals surface area contributed by atoms with E-state index in [1.54, 1.807) is 6.07 Å². The van der Waals surface area contributed by atoms with E-state index in [0.29, 0.717) is 5.75 Å². The standard InChI is InChI=1S/C17H15NO4/c19-17(14-6-3-7-15(10-14)18(20)21)22-16-9-8-12-4-1-2-5-13(12)11-16/h3,6-11H,1-2,4-5H2. The van der Waals surface area contributed by atoms with Gasteiger partial charge in [-0.15, -0.1) is 0 Å². The maximum atomic E-state index is 12.1. The highest BCUT2D eigenvalue weighted by Gasteiger charge is 2.15. The summed E-state index contributed by atoms with van der Waals surface area (Å²) in [6.07, 6.45) is 4.40. The first-order chi connectivity index (χ1) is 10.6. The van der Waals surface area contributed by atoms with E-state index < -0.39 is 10.9 Å².